The van der Waals surface area contributed by atoms with Gasteiger partial charge in [0.2, 0.25) is 0 Å². The number of phenolic OH excluding ortho intramolecular Hbond substituents is 1. The highest BCUT2D eigenvalue weighted by Crippen LogP contribution is 2.31. The summed E-state index contributed by atoms with van der Waals surface area (Å²) in [6.07, 6.45) is 0.653. The van der Waals surface area contributed by atoms with Crippen molar-refractivity contribution in [1.29, 1.82) is 0 Å². The Labute approximate surface area is 168 Å². The number of benzene rings is 1. The maximum atomic E-state index is 12.7. The first kappa shape index (κ1) is 22.0. The van der Waals surface area contributed by atoms with E-state index in [2.05, 4.69) is 15.7 Å². The first-order valence-corrected chi connectivity index (χ1v) is 9.10. The molecular formula is C19H27N5O5. The van der Waals surface area contributed by atoms with Crippen LogP contribution in [-0.2, 0) is 11.8 Å². The summed E-state index contributed by atoms with van der Waals surface area (Å²) in [7, 11) is 6.09. The molecule has 0 aliphatic carbocycles. The van der Waals surface area contributed by atoms with Gasteiger partial charge < -0.3 is 25.4 Å². The summed E-state index contributed by atoms with van der Waals surface area (Å²) in [5, 5.41) is 18.9. The first-order valence-electron chi connectivity index (χ1n) is 9.10. The molecule has 0 aliphatic heterocycles. The molecule has 0 fully saturated rings. The van der Waals surface area contributed by atoms with Gasteiger partial charge in [-0.15, -0.1) is 0 Å². The zero-order valence-corrected chi connectivity index (χ0v) is 17.2. The number of nitrogens with zero attached hydrogens (tertiary/aromatic N) is 2. The molecule has 158 valence electrons. The minimum absolute atomic E-state index is 0.0285. The monoisotopic (exact) mass is 405 g/mol. The smallest absolute Gasteiger partial charge is 0.290 e. The molecule has 4 N–H and O–H groups in total. The van der Waals surface area contributed by atoms with Crippen molar-refractivity contribution in [2.24, 2.45) is 7.05 Å². The van der Waals surface area contributed by atoms with Gasteiger partial charge in [0.1, 0.15) is 11.4 Å². The second-order valence-corrected chi connectivity index (χ2v) is 6.79. The van der Waals surface area contributed by atoms with Crippen molar-refractivity contribution in [3.05, 3.63) is 44.5 Å². The lowest BCUT2D eigenvalue weighted by atomic mass is 10.1. The van der Waals surface area contributed by atoms with Crippen LogP contribution >= 0.6 is 0 Å². The number of hydrogen-bond acceptors (Lipinski definition) is 7. The Hall–Kier alpha value is -3.27. The van der Waals surface area contributed by atoms with Gasteiger partial charge in [-0.25, -0.2) is 0 Å². The molecule has 1 heterocycles. The Morgan fingerprint density at radius 2 is 2.00 bits per heavy atom. The Morgan fingerprint density at radius 3 is 2.59 bits per heavy atom. The molecule has 10 nitrogen and oxygen atoms in total. The fourth-order valence-corrected chi connectivity index (χ4v) is 2.76. The van der Waals surface area contributed by atoms with Crippen molar-refractivity contribution < 1.29 is 14.6 Å². The van der Waals surface area contributed by atoms with Gasteiger partial charge in [-0.05, 0) is 18.6 Å². The number of nitrogens with one attached hydrogen (secondary N) is 3. The van der Waals surface area contributed by atoms with Gasteiger partial charge in [0, 0.05) is 34.3 Å². The molecule has 1 aromatic carbocycles. The zero-order chi connectivity index (χ0) is 21.7. The summed E-state index contributed by atoms with van der Waals surface area (Å²) in [5.74, 6) is -0.710. The Balaban J connectivity index is 2.56. The number of para-hydroxylation sites is 1. The minimum atomic E-state index is -0.511. The number of amides is 1. The van der Waals surface area contributed by atoms with E-state index in [4.69, 9.17) is 4.74 Å². The molecule has 2 rings (SSSR count). The number of carbonyl (C=O) groups is 1. The Morgan fingerprint density at radius 1 is 1.31 bits per heavy atom. The molecule has 1 aromatic heterocycles. The standard InChI is InChI=1S/C19H27N5O5/c1-6-11(10-29-5)20-14-15(19(28)24(4)22-17(14)26)21-13-9-7-8-12(16(13)25)18(27)23(2)3/h7-9,11,20-21,25H,6,10H2,1-5H3,(H,22,26). The van der Waals surface area contributed by atoms with Crippen LogP contribution in [0.15, 0.2) is 27.8 Å². The number of rotatable bonds is 8. The molecule has 0 aliphatic rings. The van der Waals surface area contributed by atoms with Crippen LogP contribution in [0.4, 0.5) is 17.1 Å². The third-order valence-corrected chi connectivity index (χ3v) is 4.41. The number of anilines is 3. The number of methoxy groups -OCH3 is 1. The lowest BCUT2D eigenvalue weighted by Gasteiger charge is -2.20. The number of aromatic amines is 1. The second-order valence-electron chi connectivity index (χ2n) is 6.79. The van der Waals surface area contributed by atoms with Gasteiger partial charge >= 0.3 is 0 Å². The van der Waals surface area contributed by atoms with Crippen molar-refractivity contribution in [2.75, 3.05) is 38.4 Å². The Bertz CT molecular complexity index is 995. The number of phenols is 1. The predicted octanol–water partition coefficient (Wildman–Crippen LogP) is 1.06. The summed E-state index contributed by atoms with van der Waals surface area (Å²) >= 11 is 0. The molecule has 0 bridgehead atoms. The van der Waals surface area contributed by atoms with E-state index in [0.717, 1.165) is 4.68 Å². The van der Waals surface area contributed by atoms with Crippen LogP contribution in [0.5, 0.6) is 5.75 Å². The summed E-state index contributed by atoms with van der Waals surface area (Å²) < 4.78 is 6.18. The molecule has 1 amide bonds. The number of aromatic hydroxyl groups is 1. The molecule has 2 aromatic rings. The summed E-state index contributed by atoms with van der Waals surface area (Å²) in [6, 6.07) is 4.36. The molecular weight excluding hydrogens is 378 g/mol. The van der Waals surface area contributed by atoms with Gasteiger partial charge in [-0.3, -0.25) is 24.2 Å². The third-order valence-electron chi connectivity index (χ3n) is 4.41. The van der Waals surface area contributed by atoms with Crippen molar-refractivity contribution in [3.8, 4) is 5.75 Å². The predicted molar refractivity (Wildman–Crippen MR) is 111 cm³/mol. The number of ether oxygens (including phenoxy) is 1. The average Bonchev–Trinajstić information content (AvgIpc) is 2.68. The van der Waals surface area contributed by atoms with Crippen molar-refractivity contribution in [1.82, 2.24) is 14.7 Å². The zero-order valence-electron chi connectivity index (χ0n) is 17.2. The van der Waals surface area contributed by atoms with Crippen molar-refractivity contribution in [3.63, 3.8) is 0 Å². The van der Waals surface area contributed by atoms with Crippen LogP contribution in [0.3, 0.4) is 0 Å². The lowest BCUT2D eigenvalue weighted by Crippen LogP contribution is -2.35. The first-order chi connectivity index (χ1) is 13.7. The number of carbonyl (C=O) groups excluding carboxylic acids is 1. The van der Waals surface area contributed by atoms with E-state index in [0.29, 0.717) is 13.0 Å². The van der Waals surface area contributed by atoms with E-state index in [1.54, 1.807) is 27.3 Å². The second kappa shape index (κ2) is 9.28. The van der Waals surface area contributed by atoms with Gasteiger partial charge in [0.15, 0.2) is 5.75 Å². The van der Waals surface area contributed by atoms with E-state index in [-0.39, 0.29) is 34.4 Å². The molecule has 0 saturated heterocycles. The van der Waals surface area contributed by atoms with Crippen LogP contribution in [-0.4, -0.2) is 59.5 Å². The Kier molecular flexibility index (Phi) is 7.05. The van der Waals surface area contributed by atoms with E-state index in [9.17, 15) is 19.5 Å². The van der Waals surface area contributed by atoms with Gasteiger partial charge in [0.25, 0.3) is 17.0 Å². The topological polar surface area (TPSA) is 129 Å². The molecule has 0 saturated carbocycles. The number of hydrogen-bond donors (Lipinski definition) is 4. The maximum absolute atomic E-state index is 12.7. The van der Waals surface area contributed by atoms with Gasteiger partial charge in [0.05, 0.1) is 17.9 Å². The summed E-state index contributed by atoms with van der Waals surface area (Å²) in [5.41, 5.74) is -0.839. The fraction of sp³-hybridized carbons (Fsp3) is 0.421. The normalized spacial score (nSPS) is 11.8. The van der Waals surface area contributed by atoms with Crippen LogP contribution in [0.2, 0.25) is 0 Å². The molecule has 10 heteroatoms. The number of aromatic nitrogens is 2. The molecule has 29 heavy (non-hydrogen) atoms. The van der Waals surface area contributed by atoms with E-state index < -0.39 is 17.0 Å². The largest absolute Gasteiger partial charge is 0.505 e. The minimum Gasteiger partial charge on any atom is -0.505 e. The SMILES string of the molecule is CCC(COC)Nc1c(Nc2cccc(C(=O)N(C)C)c2O)c(=O)n(C)[nH]c1=O. The van der Waals surface area contributed by atoms with Crippen LogP contribution in [0.1, 0.15) is 23.7 Å². The maximum Gasteiger partial charge on any atom is 0.290 e. The van der Waals surface area contributed by atoms with Crippen LogP contribution in [0.25, 0.3) is 0 Å². The van der Waals surface area contributed by atoms with Crippen molar-refractivity contribution in [2.45, 2.75) is 19.4 Å². The fourth-order valence-electron chi connectivity index (χ4n) is 2.76. The highest BCUT2D eigenvalue weighted by molar-refractivity contribution is 5.98. The van der Waals surface area contributed by atoms with Crippen LogP contribution < -0.4 is 21.8 Å². The van der Waals surface area contributed by atoms with E-state index in [1.165, 1.54) is 24.1 Å². The number of aryl methyl sites for hydroxylation is 1. The average molecular weight is 405 g/mol. The van der Waals surface area contributed by atoms with Crippen LogP contribution in [0, 0.1) is 0 Å². The van der Waals surface area contributed by atoms with Gasteiger partial charge in [-0.2, -0.15) is 0 Å². The van der Waals surface area contributed by atoms with Crippen molar-refractivity contribution >= 4 is 23.0 Å². The summed E-state index contributed by atoms with van der Waals surface area (Å²) in [4.78, 5) is 38.8. The molecule has 0 spiro atoms. The van der Waals surface area contributed by atoms with E-state index in [1.807, 2.05) is 6.92 Å². The lowest BCUT2D eigenvalue weighted by molar-refractivity contribution is 0.0824. The third kappa shape index (κ3) is 4.77. The molecule has 0 radical (unpaired) electrons. The molecule has 1 atom stereocenters. The van der Waals surface area contributed by atoms with Gasteiger partial charge in [-0.1, -0.05) is 13.0 Å². The van der Waals surface area contributed by atoms with E-state index >= 15 is 0 Å². The number of H-pyrrole nitrogens is 1. The highest BCUT2D eigenvalue weighted by atomic mass is 16.5. The quantitative estimate of drug-likeness (QED) is 0.483. The highest BCUT2D eigenvalue weighted by Gasteiger charge is 2.21. The summed E-state index contributed by atoms with van der Waals surface area (Å²) in [6.45, 7) is 2.25. The molecule has 1 unspecified atom stereocenters.